The van der Waals surface area contributed by atoms with Gasteiger partial charge in [-0.2, -0.15) is 0 Å². The smallest absolute Gasteiger partial charge is 0.124 e. The summed E-state index contributed by atoms with van der Waals surface area (Å²) in [5.74, 6) is -0.0834. The summed E-state index contributed by atoms with van der Waals surface area (Å²) in [6.07, 6.45) is -0.242. The highest BCUT2D eigenvalue weighted by Crippen LogP contribution is 2.10. The fourth-order valence-electron chi connectivity index (χ4n) is 1.29. The third-order valence-corrected chi connectivity index (χ3v) is 3.52. The minimum atomic E-state index is -1.27. The number of halogens is 1. The number of hydrogen-bond donors (Lipinski definition) is 1. The summed E-state index contributed by atoms with van der Waals surface area (Å²) in [5, 5.41) is 0. The van der Waals surface area contributed by atoms with Crippen molar-refractivity contribution in [1.82, 2.24) is 0 Å². The Morgan fingerprint density at radius 1 is 1.56 bits per heavy atom. The summed E-state index contributed by atoms with van der Waals surface area (Å²) >= 11 is 0. The first kappa shape index (κ1) is 13.3. The number of benzene rings is 1. The first-order valence-corrected chi connectivity index (χ1v) is 6.44. The molecule has 2 N–H and O–H groups in total. The zero-order chi connectivity index (χ0) is 12.0. The van der Waals surface area contributed by atoms with E-state index in [2.05, 4.69) is 0 Å². The van der Waals surface area contributed by atoms with Crippen LogP contribution in [0.1, 0.15) is 6.92 Å². The van der Waals surface area contributed by atoms with E-state index < -0.39 is 10.8 Å². The summed E-state index contributed by atoms with van der Waals surface area (Å²) < 4.78 is 30.1. The lowest BCUT2D eigenvalue weighted by molar-refractivity contribution is 0.0852. The van der Waals surface area contributed by atoms with Gasteiger partial charge in [-0.3, -0.25) is 4.21 Å². The van der Waals surface area contributed by atoms with Gasteiger partial charge in [0.1, 0.15) is 5.82 Å². The van der Waals surface area contributed by atoms with E-state index in [-0.39, 0.29) is 11.9 Å². The van der Waals surface area contributed by atoms with Crippen molar-refractivity contribution in [2.75, 3.05) is 18.9 Å². The molecular formula is C11H16FNO2S. The second kappa shape index (κ2) is 6.73. The molecule has 90 valence electrons. The standard InChI is InChI=1S/C11H16FNO2S/c1-2-15-10(7-13)8-16(14)11-5-3-4-9(12)6-11/h3-6,10H,2,7-8,13H2,1H3. The van der Waals surface area contributed by atoms with Crippen molar-refractivity contribution in [3.8, 4) is 0 Å². The van der Waals surface area contributed by atoms with Gasteiger partial charge < -0.3 is 10.5 Å². The van der Waals surface area contributed by atoms with E-state index >= 15 is 0 Å². The highest BCUT2D eigenvalue weighted by Gasteiger charge is 2.13. The Morgan fingerprint density at radius 3 is 2.88 bits per heavy atom. The maximum absolute atomic E-state index is 12.9. The SMILES string of the molecule is CCOC(CN)CS(=O)c1cccc(F)c1. The van der Waals surface area contributed by atoms with Crippen LogP contribution in [0.4, 0.5) is 4.39 Å². The predicted molar refractivity (Wildman–Crippen MR) is 62.1 cm³/mol. The molecule has 2 atom stereocenters. The molecule has 0 radical (unpaired) electrons. The van der Waals surface area contributed by atoms with Crippen molar-refractivity contribution in [3.05, 3.63) is 30.1 Å². The molecule has 5 heteroatoms. The van der Waals surface area contributed by atoms with Gasteiger partial charge >= 0.3 is 0 Å². The van der Waals surface area contributed by atoms with Gasteiger partial charge in [-0.25, -0.2) is 4.39 Å². The first-order chi connectivity index (χ1) is 7.67. The number of rotatable bonds is 6. The molecule has 0 amide bonds. The molecule has 0 heterocycles. The average Bonchev–Trinajstić information content (AvgIpc) is 2.28. The Labute approximate surface area is 97.2 Å². The molecule has 0 spiro atoms. The summed E-state index contributed by atoms with van der Waals surface area (Å²) in [6.45, 7) is 2.70. The van der Waals surface area contributed by atoms with E-state index in [1.165, 1.54) is 12.1 Å². The monoisotopic (exact) mass is 245 g/mol. The van der Waals surface area contributed by atoms with E-state index in [1.807, 2.05) is 6.92 Å². The van der Waals surface area contributed by atoms with Gasteiger partial charge in [-0.05, 0) is 25.1 Å². The lowest BCUT2D eigenvalue weighted by atomic mass is 10.3. The lowest BCUT2D eigenvalue weighted by Gasteiger charge is -2.14. The molecule has 1 aromatic carbocycles. The van der Waals surface area contributed by atoms with Gasteiger partial charge in [0, 0.05) is 18.0 Å². The van der Waals surface area contributed by atoms with Crippen molar-refractivity contribution >= 4 is 10.8 Å². The largest absolute Gasteiger partial charge is 0.376 e. The van der Waals surface area contributed by atoms with Crippen molar-refractivity contribution < 1.29 is 13.3 Å². The minimum absolute atomic E-state index is 0.242. The van der Waals surface area contributed by atoms with Gasteiger partial charge in [0.15, 0.2) is 0 Å². The van der Waals surface area contributed by atoms with E-state index in [0.717, 1.165) is 0 Å². The van der Waals surface area contributed by atoms with E-state index in [4.69, 9.17) is 10.5 Å². The van der Waals surface area contributed by atoms with Gasteiger partial charge in [0.05, 0.1) is 22.7 Å². The zero-order valence-corrected chi connectivity index (χ0v) is 10.0. The second-order valence-corrected chi connectivity index (χ2v) is 4.78. The molecule has 0 aromatic heterocycles. The first-order valence-electron chi connectivity index (χ1n) is 5.13. The molecule has 1 rings (SSSR count). The van der Waals surface area contributed by atoms with Gasteiger partial charge in [0.25, 0.3) is 0 Å². The van der Waals surface area contributed by atoms with Crippen LogP contribution in [0.3, 0.4) is 0 Å². The van der Waals surface area contributed by atoms with Gasteiger partial charge in [-0.15, -0.1) is 0 Å². The summed E-state index contributed by atoms with van der Waals surface area (Å²) in [6, 6.07) is 5.78. The third-order valence-electron chi connectivity index (χ3n) is 2.06. The van der Waals surface area contributed by atoms with Crippen molar-refractivity contribution in [3.63, 3.8) is 0 Å². The normalized spacial score (nSPS) is 14.7. The van der Waals surface area contributed by atoms with Crippen LogP contribution in [0.2, 0.25) is 0 Å². The van der Waals surface area contributed by atoms with Crippen LogP contribution in [-0.4, -0.2) is 29.2 Å². The molecule has 1 aromatic rings. The fourth-order valence-corrected chi connectivity index (χ4v) is 2.53. The highest BCUT2D eigenvalue weighted by molar-refractivity contribution is 7.85. The summed E-state index contributed by atoms with van der Waals surface area (Å²) in [5.41, 5.74) is 5.48. The van der Waals surface area contributed by atoms with Crippen molar-refractivity contribution in [2.45, 2.75) is 17.9 Å². The van der Waals surface area contributed by atoms with Crippen LogP contribution in [-0.2, 0) is 15.5 Å². The third kappa shape index (κ3) is 4.00. The number of ether oxygens (including phenoxy) is 1. The molecule has 0 aliphatic rings. The minimum Gasteiger partial charge on any atom is -0.376 e. The molecule has 3 nitrogen and oxygen atoms in total. The van der Waals surface area contributed by atoms with Gasteiger partial charge in [-0.1, -0.05) is 6.07 Å². The Morgan fingerprint density at radius 2 is 2.31 bits per heavy atom. The van der Waals surface area contributed by atoms with E-state index in [1.54, 1.807) is 12.1 Å². The van der Waals surface area contributed by atoms with Crippen LogP contribution in [0.15, 0.2) is 29.2 Å². The quantitative estimate of drug-likeness (QED) is 0.822. The maximum atomic E-state index is 12.9. The lowest BCUT2D eigenvalue weighted by Crippen LogP contribution is -2.29. The molecule has 0 bridgehead atoms. The molecule has 0 fully saturated rings. The molecule has 0 aliphatic carbocycles. The van der Waals surface area contributed by atoms with Crippen LogP contribution >= 0.6 is 0 Å². The van der Waals surface area contributed by atoms with Crippen LogP contribution in [0.25, 0.3) is 0 Å². The van der Waals surface area contributed by atoms with Gasteiger partial charge in [0.2, 0.25) is 0 Å². The Kier molecular flexibility index (Phi) is 5.59. The Balaban J connectivity index is 2.64. The Bertz CT molecular complexity index is 360. The van der Waals surface area contributed by atoms with Crippen molar-refractivity contribution in [2.24, 2.45) is 5.73 Å². The maximum Gasteiger partial charge on any atom is 0.124 e. The molecule has 0 saturated heterocycles. The van der Waals surface area contributed by atoms with E-state index in [0.29, 0.717) is 23.8 Å². The molecule has 2 unspecified atom stereocenters. The van der Waals surface area contributed by atoms with E-state index in [9.17, 15) is 8.60 Å². The van der Waals surface area contributed by atoms with Crippen molar-refractivity contribution in [1.29, 1.82) is 0 Å². The number of hydrogen-bond acceptors (Lipinski definition) is 3. The average molecular weight is 245 g/mol. The number of nitrogens with two attached hydrogens (primary N) is 1. The summed E-state index contributed by atoms with van der Waals surface area (Å²) in [7, 11) is -1.27. The molecule has 0 aliphatic heterocycles. The molecular weight excluding hydrogens is 229 g/mol. The zero-order valence-electron chi connectivity index (χ0n) is 9.19. The summed E-state index contributed by atoms with van der Waals surface area (Å²) in [4.78, 5) is 0.471. The second-order valence-electron chi connectivity index (χ2n) is 3.28. The molecule has 0 saturated carbocycles. The highest BCUT2D eigenvalue weighted by atomic mass is 32.2. The Hall–Kier alpha value is -0.780. The van der Waals surface area contributed by atoms with Crippen LogP contribution in [0, 0.1) is 5.82 Å². The fraction of sp³-hybridized carbons (Fsp3) is 0.455. The topological polar surface area (TPSA) is 52.3 Å². The predicted octanol–water partition coefficient (Wildman–Crippen LogP) is 1.30. The van der Waals surface area contributed by atoms with Crippen LogP contribution < -0.4 is 5.73 Å². The molecule has 16 heavy (non-hydrogen) atoms. The van der Waals surface area contributed by atoms with Crippen LogP contribution in [0.5, 0.6) is 0 Å².